The molecule has 6 nitrogen and oxygen atoms in total. The summed E-state index contributed by atoms with van der Waals surface area (Å²) >= 11 is 0. The van der Waals surface area contributed by atoms with Gasteiger partial charge in [-0.15, -0.1) is 0 Å². The molecule has 15 aromatic carbocycles. The summed E-state index contributed by atoms with van der Waals surface area (Å²) in [6.45, 7) is 0. The van der Waals surface area contributed by atoms with Gasteiger partial charge in [-0.2, -0.15) is 0 Å². The van der Waals surface area contributed by atoms with Crippen molar-refractivity contribution in [3.8, 4) is 39.3 Å². The lowest BCUT2D eigenvalue weighted by Gasteiger charge is -2.33. The number of hydrogen-bond donors (Lipinski definition) is 0. The Labute approximate surface area is 557 Å². The van der Waals surface area contributed by atoms with Crippen LogP contribution in [-0.2, 0) is 0 Å². The second-order valence-corrected chi connectivity index (χ2v) is 24.5. The number of fused-ring (bicyclic) bond motifs is 9. The van der Waals surface area contributed by atoms with E-state index in [-0.39, 0.29) is 0 Å². The van der Waals surface area contributed by atoms with Gasteiger partial charge in [0.05, 0.1) is 50.2 Å². The van der Waals surface area contributed by atoms with Crippen LogP contribution < -0.4 is 14.7 Å². The second-order valence-electron chi connectivity index (χ2n) is 24.5. The van der Waals surface area contributed by atoms with E-state index in [4.69, 9.17) is 0 Å². The van der Waals surface area contributed by atoms with E-state index in [1.54, 1.807) is 0 Å². The summed E-state index contributed by atoms with van der Waals surface area (Å²) in [6, 6.07) is 137. The molecular formula is C90H62N6. The molecule has 0 N–H and O–H groups in total. The van der Waals surface area contributed by atoms with Crippen LogP contribution in [0.25, 0.3) is 105 Å². The van der Waals surface area contributed by atoms with E-state index in [1.807, 2.05) is 0 Å². The fourth-order valence-corrected chi connectivity index (χ4v) is 14.6. The molecule has 0 unspecified atom stereocenters. The lowest BCUT2D eigenvalue weighted by atomic mass is 10.0. The van der Waals surface area contributed by atoms with Gasteiger partial charge in [0.1, 0.15) is 0 Å². The summed E-state index contributed by atoms with van der Waals surface area (Å²) in [7, 11) is 0. The van der Waals surface area contributed by atoms with Crippen molar-refractivity contribution in [3.05, 3.63) is 376 Å². The van der Waals surface area contributed by atoms with E-state index in [0.29, 0.717) is 0 Å². The number of hydrogen-bond acceptors (Lipinski definition) is 3. The minimum absolute atomic E-state index is 0.986. The zero-order valence-corrected chi connectivity index (χ0v) is 52.5. The summed E-state index contributed by atoms with van der Waals surface area (Å²) in [4.78, 5) is 7.19. The smallest absolute Gasteiger partial charge is 0.0541 e. The van der Waals surface area contributed by atoms with Crippen LogP contribution in [0, 0.1) is 0 Å². The molecule has 18 aromatic rings. The van der Waals surface area contributed by atoms with Crippen LogP contribution in [0.1, 0.15) is 0 Å². The summed E-state index contributed by atoms with van der Waals surface area (Å²) in [5, 5.41) is 7.48. The highest BCUT2D eigenvalue weighted by atomic mass is 15.2. The Morgan fingerprint density at radius 2 is 0.323 bits per heavy atom. The average molecular weight is 1230 g/mol. The number of rotatable bonds is 14. The van der Waals surface area contributed by atoms with Gasteiger partial charge in [0.2, 0.25) is 0 Å². The van der Waals surface area contributed by atoms with Gasteiger partial charge in [0.15, 0.2) is 0 Å². The zero-order valence-electron chi connectivity index (χ0n) is 52.5. The van der Waals surface area contributed by atoms with Crippen LogP contribution in [0.15, 0.2) is 376 Å². The Kier molecular flexibility index (Phi) is 13.8. The lowest BCUT2D eigenvalue weighted by Crippen LogP contribution is -2.16. The Balaban J connectivity index is 0.771. The Bertz CT molecular complexity index is 5430. The SMILES string of the molecule is c1ccc(N(c2ccc(-c3ccc(-n4c5ccccc5c5ccccc54)cc3)cc2)c2cc(N(c3ccccc3)c3ccc(-c4ccc(-n5c6ccccc6c6ccccc65)cc4)cc3)cc(N(c3ccccc3)c3ccc(-n4c5ccccc5c5ccccc54)cc3)c2)cc1. The van der Waals surface area contributed by atoms with Gasteiger partial charge >= 0.3 is 0 Å². The van der Waals surface area contributed by atoms with Gasteiger partial charge in [-0.05, 0) is 186 Å². The van der Waals surface area contributed by atoms with Crippen LogP contribution in [0.2, 0.25) is 0 Å². The van der Waals surface area contributed by atoms with Crippen molar-refractivity contribution in [1.29, 1.82) is 0 Å². The number of aromatic nitrogens is 3. The molecule has 18 rings (SSSR count). The molecule has 0 bridgehead atoms. The molecule has 0 spiro atoms. The Hall–Kier alpha value is -12.9. The molecule has 0 saturated carbocycles. The first-order valence-electron chi connectivity index (χ1n) is 32.8. The van der Waals surface area contributed by atoms with Crippen molar-refractivity contribution >= 4 is 117 Å². The molecule has 0 aliphatic carbocycles. The van der Waals surface area contributed by atoms with Crippen molar-refractivity contribution in [3.63, 3.8) is 0 Å². The fourth-order valence-electron chi connectivity index (χ4n) is 14.6. The molecule has 3 heterocycles. The maximum atomic E-state index is 2.40. The van der Waals surface area contributed by atoms with Crippen LogP contribution in [-0.4, -0.2) is 13.7 Å². The maximum Gasteiger partial charge on any atom is 0.0541 e. The summed E-state index contributed by atoms with van der Waals surface area (Å²) in [5.74, 6) is 0. The highest BCUT2D eigenvalue weighted by Gasteiger charge is 2.24. The van der Waals surface area contributed by atoms with E-state index in [9.17, 15) is 0 Å². The van der Waals surface area contributed by atoms with Crippen molar-refractivity contribution in [2.24, 2.45) is 0 Å². The molecule has 96 heavy (non-hydrogen) atoms. The molecule has 0 radical (unpaired) electrons. The van der Waals surface area contributed by atoms with Crippen molar-refractivity contribution in [2.75, 3.05) is 14.7 Å². The fraction of sp³-hybridized carbons (Fsp3) is 0. The normalized spacial score (nSPS) is 11.5. The molecule has 0 aliphatic rings. The zero-order chi connectivity index (χ0) is 63.5. The van der Waals surface area contributed by atoms with Crippen LogP contribution in [0.4, 0.5) is 51.2 Å². The van der Waals surface area contributed by atoms with E-state index in [1.165, 1.54) is 65.4 Å². The first-order valence-corrected chi connectivity index (χ1v) is 32.8. The quantitative estimate of drug-likeness (QED) is 0.108. The summed E-state index contributed by atoms with van der Waals surface area (Å²) in [6.07, 6.45) is 0. The predicted octanol–water partition coefficient (Wildman–Crippen LogP) is 24.7. The number of para-hydroxylation sites is 9. The van der Waals surface area contributed by atoms with Crippen LogP contribution in [0.3, 0.4) is 0 Å². The van der Waals surface area contributed by atoms with E-state index in [2.05, 4.69) is 405 Å². The molecular weight excluding hydrogens is 1170 g/mol. The third-order valence-electron chi connectivity index (χ3n) is 19.0. The third-order valence-corrected chi connectivity index (χ3v) is 19.0. The van der Waals surface area contributed by atoms with Gasteiger partial charge in [0.25, 0.3) is 0 Å². The highest BCUT2D eigenvalue weighted by Crippen LogP contribution is 2.47. The first kappa shape index (κ1) is 55.9. The first-order chi connectivity index (χ1) is 47.6. The van der Waals surface area contributed by atoms with Crippen molar-refractivity contribution in [2.45, 2.75) is 0 Å². The van der Waals surface area contributed by atoms with E-state index in [0.717, 1.165) is 90.5 Å². The monoisotopic (exact) mass is 1230 g/mol. The molecule has 0 aliphatic heterocycles. The predicted molar refractivity (Wildman–Crippen MR) is 404 cm³/mol. The van der Waals surface area contributed by atoms with Gasteiger partial charge in [0, 0.05) is 83.5 Å². The highest BCUT2D eigenvalue weighted by molar-refractivity contribution is 6.11. The van der Waals surface area contributed by atoms with Gasteiger partial charge in [-0.1, -0.05) is 212 Å². The van der Waals surface area contributed by atoms with Crippen molar-refractivity contribution in [1.82, 2.24) is 13.7 Å². The van der Waals surface area contributed by atoms with Crippen LogP contribution >= 0.6 is 0 Å². The molecule has 0 amide bonds. The van der Waals surface area contributed by atoms with Crippen LogP contribution in [0.5, 0.6) is 0 Å². The van der Waals surface area contributed by atoms with Gasteiger partial charge < -0.3 is 28.4 Å². The topological polar surface area (TPSA) is 24.5 Å². The molecule has 452 valence electrons. The molecule has 0 saturated heterocycles. The standard InChI is InChI=1S/C90H62N6/c1-4-22-67(23-5-1)91(70-48-40-63(41-49-70)65-44-52-73(53-45-65)94-85-34-16-10-28-79(85)80-29-11-17-35-86(80)94)76-60-77(62-78(61-76)93(69-26-8-3-9-27-69)72-56-58-75(59-57-72)96-89-38-20-14-32-83(89)84-33-15-21-39-90(84)96)92(68-24-6-2-7-25-68)71-50-42-64(43-51-71)66-46-54-74(55-47-66)95-87-36-18-12-30-81(87)82-31-13-19-37-88(82)95/h1-62H. The molecule has 6 heteroatoms. The largest absolute Gasteiger partial charge is 0.310 e. The molecule has 3 aromatic heterocycles. The van der Waals surface area contributed by atoms with Gasteiger partial charge in [-0.3, -0.25) is 0 Å². The summed E-state index contributed by atoms with van der Waals surface area (Å²) < 4.78 is 7.14. The Morgan fingerprint density at radius 1 is 0.146 bits per heavy atom. The third kappa shape index (κ3) is 9.74. The second kappa shape index (κ2) is 23.7. The number of anilines is 9. The maximum absolute atomic E-state index is 2.40. The summed E-state index contributed by atoms with van der Waals surface area (Å²) in [5.41, 5.74) is 24.2. The van der Waals surface area contributed by atoms with Crippen molar-refractivity contribution < 1.29 is 0 Å². The minimum Gasteiger partial charge on any atom is -0.310 e. The molecule has 0 atom stereocenters. The molecule has 0 fully saturated rings. The van der Waals surface area contributed by atoms with Gasteiger partial charge in [-0.25, -0.2) is 0 Å². The van der Waals surface area contributed by atoms with E-state index < -0.39 is 0 Å². The Morgan fingerprint density at radius 3 is 0.562 bits per heavy atom. The minimum atomic E-state index is 0.986. The average Bonchev–Trinajstić information content (AvgIpc) is 1.55. The number of nitrogens with zero attached hydrogens (tertiary/aromatic N) is 6. The van der Waals surface area contributed by atoms with E-state index >= 15 is 0 Å². The number of benzene rings is 15. The lowest BCUT2D eigenvalue weighted by molar-refractivity contribution is 1.17.